The highest BCUT2D eigenvalue weighted by molar-refractivity contribution is 9.10. The fourth-order valence-electron chi connectivity index (χ4n) is 3.09. The van der Waals surface area contributed by atoms with Crippen LogP contribution in [0.3, 0.4) is 0 Å². The minimum Gasteiger partial charge on any atom is -0.367 e. The molecule has 0 aromatic heterocycles. The van der Waals surface area contributed by atoms with Crippen LogP contribution in [0.5, 0.6) is 0 Å². The molecule has 2 aromatic carbocycles. The summed E-state index contributed by atoms with van der Waals surface area (Å²) in [6.45, 7) is 3.39. The average Bonchev–Trinajstić information content (AvgIpc) is 2.57. The summed E-state index contributed by atoms with van der Waals surface area (Å²) in [5, 5.41) is 3.08. The minimum absolute atomic E-state index is 0.0123. The molecule has 0 aliphatic carbocycles. The smallest absolute Gasteiger partial charge is 0.252 e. The molecule has 1 heterocycles. The normalized spacial score (nSPS) is 17.6. The Hall–Kier alpha value is -1.88. The van der Waals surface area contributed by atoms with E-state index in [2.05, 4.69) is 21.2 Å². The van der Waals surface area contributed by atoms with Crippen LogP contribution >= 0.6 is 15.9 Å². The van der Waals surface area contributed by atoms with E-state index in [0.717, 1.165) is 29.4 Å². The third-order valence-electron chi connectivity index (χ3n) is 4.32. The van der Waals surface area contributed by atoms with Gasteiger partial charge >= 0.3 is 0 Å². The second-order valence-electron chi connectivity index (χ2n) is 6.19. The molecule has 24 heavy (non-hydrogen) atoms. The Kier molecular flexibility index (Phi) is 5.19. The van der Waals surface area contributed by atoms with Crippen LogP contribution < -0.4 is 10.2 Å². The van der Waals surface area contributed by atoms with Gasteiger partial charge in [-0.1, -0.05) is 18.2 Å². The van der Waals surface area contributed by atoms with Gasteiger partial charge in [0, 0.05) is 23.6 Å². The summed E-state index contributed by atoms with van der Waals surface area (Å²) < 4.78 is 14.9. The zero-order valence-electron chi connectivity index (χ0n) is 13.6. The Morgan fingerprint density at radius 1 is 1.29 bits per heavy atom. The number of halogens is 2. The number of nitrogens with one attached hydrogen (secondary N) is 1. The molecule has 1 atom stereocenters. The van der Waals surface area contributed by atoms with Crippen molar-refractivity contribution in [2.24, 2.45) is 0 Å². The van der Waals surface area contributed by atoms with Crippen LogP contribution in [0.25, 0.3) is 0 Å². The summed E-state index contributed by atoms with van der Waals surface area (Å²) in [6, 6.07) is 12.5. The van der Waals surface area contributed by atoms with E-state index in [0.29, 0.717) is 17.8 Å². The number of carbonyl (C=O) groups is 1. The van der Waals surface area contributed by atoms with Crippen LogP contribution in [-0.4, -0.2) is 25.0 Å². The summed E-state index contributed by atoms with van der Waals surface area (Å²) in [7, 11) is 0. The van der Waals surface area contributed by atoms with Gasteiger partial charge in [0.05, 0.1) is 11.3 Å². The molecule has 1 unspecified atom stereocenters. The van der Waals surface area contributed by atoms with E-state index >= 15 is 0 Å². The molecule has 5 heteroatoms. The van der Waals surface area contributed by atoms with Crippen molar-refractivity contribution >= 4 is 27.5 Å². The molecule has 1 saturated heterocycles. The molecule has 126 valence electrons. The van der Waals surface area contributed by atoms with Gasteiger partial charge in [0.2, 0.25) is 0 Å². The topological polar surface area (TPSA) is 32.3 Å². The molecule has 0 saturated carbocycles. The van der Waals surface area contributed by atoms with Crippen LogP contribution in [0, 0.1) is 12.7 Å². The summed E-state index contributed by atoms with van der Waals surface area (Å²) in [6.07, 6.45) is 1.83. The molecule has 2 aromatic rings. The third-order valence-corrected chi connectivity index (χ3v) is 5.01. The Balaban J connectivity index is 1.71. The van der Waals surface area contributed by atoms with Crippen molar-refractivity contribution in [2.45, 2.75) is 25.8 Å². The van der Waals surface area contributed by atoms with Crippen LogP contribution in [0.2, 0.25) is 0 Å². The largest absolute Gasteiger partial charge is 0.367 e. The van der Waals surface area contributed by atoms with Crippen molar-refractivity contribution in [3.05, 3.63) is 63.9 Å². The Morgan fingerprint density at radius 2 is 2.08 bits per heavy atom. The van der Waals surface area contributed by atoms with Gasteiger partial charge in [0.1, 0.15) is 5.82 Å². The maximum absolute atomic E-state index is 14.1. The SMILES string of the molecule is Cc1ccc(F)c(N2CCCC(NC(=O)c3ccccc3Br)C2)c1. The fraction of sp³-hybridized carbons (Fsp3) is 0.316. The van der Waals surface area contributed by atoms with E-state index in [9.17, 15) is 9.18 Å². The quantitative estimate of drug-likeness (QED) is 0.847. The Morgan fingerprint density at radius 3 is 2.88 bits per heavy atom. The van der Waals surface area contributed by atoms with E-state index in [1.54, 1.807) is 12.1 Å². The predicted molar refractivity (Wildman–Crippen MR) is 98.0 cm³/mol. The van der Waals surface area contributed by atoms with Gasteiger partial charge in [-0.15, -0.1) is 0 Å². The summed E-state index contributed by atoms with van der Waals surface area (Å²) in [4.78, 5) is 14.5. The maximum atomic E-state index is 14.1. The van der Waals surface area contributed by atoms with Gasteiger partial charge in [-0.05, 0) is 65.5 Å². The van der Waals surface area contributed by atoms with Gasteiger partial charge in [-0.3, -0.25) is 4.79 Å². The molecule has 1 aliphatic rings. The molecular formula is C19H20BrFN2O. The number of piperidine rings is 1. The lowest BCUT2D eigenvalue weighted by Crippen LogP contribution is -2.48. The highest BCUT2D eigenvalue weighted by Gasteiger charge is 2.24. The van der Waals surface area contributed by atoms with E-state index in [-0.39, 0.29) is 17.8 Å². The van der Waals surface area contributed by atoms with Crippen molar-refractivity contribution in [1.29, 1.82) is 0 Å². The van der Waals surface area contributed by atoms with Crippen LogP contribution in [0.1, 0.15) is 28.8 Å². The molecule has 0 bridgehead atoms. The molecule has 1 aliphatic heterocycles. The second-order valence-corrected chi connectivity index (χ2v) is 7.05. The van der Waals surface area contributed by atoms with Crippen LogP contribution in [-0.2, 0) is 0 Å². The standard InChI is InChI=1S/C19H20BrFN2O/c1-13-8-9-17(21)18(11-13)23-10-4-5-14(12-23)22-19(24)15-6-2-3-7-16(15)20/h2-3,6-9,11,14H,4-5,10,12H2,1H3,(H,22,24). The van der Waals surface area contributed by atoms with Crippen molar-refractivity contribution in [3.63, 3.8) is 0 Å². The number of aryl methyl sites for hydroxylation is 1. The number of anilines is 1. The number of benzene rings is 2. The van der Waals surface area contributed by atoms with Crippen molar-refractivity contribution in [1.82, 2.24) is 5.32 Å². The molecule has 3 nitrogen and oxygen atoms in total. The molecule has 1 amide bonds. The van der Waals surface area contributed by atoms with Gasteiger partial charge in [0.15, 0.2) is 0 Å². The third kappa shape index (κ3) is 3.78. The summed E-state index contributed by atoms with van der Waals surface area (Å²) in [5.41, 5.74) is 2.27. The number of rotatable bonds is 3. The van der Waals surface area contributed by atoms with Crippen molar-refractivity contribution < 1.29 is 9.18 Å². The van der Waals surface area contributed by atoms with Crippen LogP contribution in [0.4, 0.5) is 10.1 Å². The number of nitrogens with zero attached hydrogens (tertiary/aromatic N) is 1. The first-order chi connectivity index (χ1) is 11.5. The van der Waals surface area contributed by atoms with Crippen LogP contribution in [0.15, 0.2) is 46.9 Å². The number of carbonyl (C=O) groups excluding carboxylic acids is 1. The zero-order valence-corrected chi connectivity index (χ0v) is 15.1. The summed E-state index contributed by atoms with van der Waals surface area (Å²) in [5.74, 6) is -0.308. The molecular weight excluding hydrogens is 371 g/mol. The molecule has 1 N–H and O–H groups in total. The lowest BCUT2D eigenvalue weighted by atomic mass is 10.0. The minimum atomic E-state index is -0.210. The first kappa shape index (κ1) is 17.0. The fourth-order valence-corrected chi connectivity index (χ4v) is 3.55. The Bertz CT molecular complexity index is 750. The highest BCUT2D eigenvalue weighted by Crippen LogP contribution is 2.25. The van der Waals surface area contributed by atoms with E-state index in [1.807, 2.05) is 36.1 Å². The van der Waals surface area contributed by atoms with Gasteiger partial charge in [-0.25, -0.2) is 4.39 Å². The number of hydrogen-bond donors (Lipinski definition) is 1. The lowest BCUT2D eigenvalue weighted by molar-refractivity contribution is 0.0932. The summed E-state index contributed by atoms with van der Waals surface area (Å²) >= 11 is 3.41. The number of amides is 1. The molecule has 3 rings (SSSR count). The van der Waals surface area contributed by atoms with Crippen molar-refractivity contribution in [3.8, 4) is 0 Å². The van der Waals surface area contributed by atoms with E-state index < -0.39 is 0 Å². The van der Waals surface area contributed by atoms with E-state index in [4.69, 9.17) is 0 Å². The predicted octanol–water partition coefficient (Wildman–Crippen LogP) is 4.30. The molecule has 1 fully saturated rings. The molecule has 0 spiro atoms. The molecule has 0 radical (unpaired) electrons. The second kappa shape index (κ2) is 7.34. The van der Waals surface area contributed by atoms with Gasteiger partial charge < -0.3 is 10.2 Å². The zero-order chi connectivity index (χ0) is 17.1. The first-order valence-electron chi connectivity index (χ1n) is 8.11. The lowest BCUT2D eigenvalue weighted by Gasteiger charge is -2.35. The average molecular weight is 391 g/mol. The van der Waals surface area contributed by atoms with Gasteiger partial charge in [-0.2, -0.15) is 0 Å². The Labute approximate surface area is 150 Å². The van der Waals surface area contributed by atoms with E-state index in [1.165, 1.54) is 6.07 Å². The maximum Gasteiger partial charge on any atom is 0.252 e. The monoisotopic (exact) mass is 390 g/mol. The highest BCUT2D eigenvalue weighted by atomic mass is 79.9. The van der Waals surface area contributed by atoms with Crippen molar-refractivity contribution in [2.75, 3.05) is 18.0 Å². The number of hydrogen-bond acceptors (Lipinski definition) is 2. The first-order valence-corrected chi connectivity index (χ1v) is 8.90. The van der Waals surface area contributed by atoms with Gasteiger partial charge in [0.25, 0.3) is 5.91 Å².